The van der Waals surface area contributed by atoms with Gasteiger partial charge < -0.3 is 28.4 Å². The van der Waals surface area contributed by atoms with Gasteiger partial charge in [-0.15, -0.1) is 22.7 Å². The minimum absolute atomic E-state index is 0.249. The van der Waals surface area contributed by atoms with Crippen LogP contribution in [0, 0.1) is 0 Å². The van der Waals surface area contributed by atoms with Crippen LogP contribution in [0.5, 0.6) is 23.0 Å². The van der Waals surface area contributed by atoms with Crippen molar-refractivity contribution < 1.29 is 28.4 Å². The highest BCUT2D eigenvalue weighted by atomic mass is 32.1. The third-order valence-corrected chi connectivity index (χ3v) is 10.4. The van der Waals surface area contributed by atoms with Gasteiger partial charge in [0.1, 0.15) is 58.4 Å². The highest BCUT2D eigenvalue weighted by Gasteiger charge is 2.23. The number of nitrogens with zero attached hydrogens (tertiary/aromatic N) is 2. The lowest BCUT2D eigenvalue weighted by atomic mass is 10.2. The molecule has 2 fully saturated rings. The number of thiazole rings is 2. The van der Waals surface area contributed by atoms with Gasteiger partial charge in [0.05, 0.1) is 36.2 Å². The molecule has 2 saturated heterocycles. The molecule has 0 saturated carbocycles. The van der Waals surface area contributed by atoms with Gasteiger partial charge in [0.25, 0.3) is 0 Å². The maximum Gasteiger partial charge on any atom is 0.123 e. The molecule has 2 aliphatic heterocycles. The van der Waals surface area contributed by atoms with Gasteiger partial charge in [-0.2, -0.15) is 0 Å². The molecule has 254 valence electrons. The molecule has 8 rings (SSSR count). The zero-order valence-electron chi connectivity index (χ0n) is 27.4. The molecule has 6 aromatic rings. The summed E-state index contributed by atoms with van der Waals surface area (Å²) in [5.41, 5.74) is 4.40. The molecular formula is C40H36N2O6S2. The Morgan fingerprint density at radius 3 is 1.18 bits per heavy atom. The molecular weight excluding hydrogens is 669 g/mol. The summed E-state index contributed by atoms with van der Waals surface area (Å²) in [6.45, 7) is 4.07. The molecule has 2 unspecified atom stereocenters. The summed E-state index contributed by atoms with van der Waals surface area (Å²) in [5, 5.41) is 1.96. The van der Waals surface area contributed by atoms with Gasteiger partial charge >= 0.3 is 0 Å². The van der Waals surface area contributed by atoms with Crippen molar-refractivity contribution in [2.24, 2.45) is 0 Å². The Bertz CT molecular complexity index is 1820. The van der Waals surface area contributed by atoms with Crippen LogP contribution in [0.2, 0.25) is 0 Å². The van der Waals surface area contributed by atoms with Crippen LogP contribution < -0.4 is 18.9 Å². The highest BCUT2D eigenvalue weighted by molar-refractivity contribution is 7.18. The van der Waals surface area contributed by atoms with E-state index in [0.717, 1.165) is 91.1 Å². The second-order valence-corrected chi connectivity index (χ2v) is 14.2. The molecule has 10 heteroatoms. The first-order valence-electron chi connectivity index (χ1n) is 16.8. The van der Waals surface area contributed by atoms with E-state index in [0.29, 0.717) is 26.4 Å². The van der Waals surface area contributed by atoms with Gasteiger partial charge in [-0.25, -0.2) is 9.97 Å². The largest absolute Gasteiger partial charge is 0.494 e. The van der Waals surface area contributed by atoms with E-state index in [-0.39, 0.29) is 12.2 Å². The normalized spacial score (nSPS) is 16.2. The lowest BCUT2D eigenvalue weighted by Crippen LogP contribution is -2.03. The van der Waals surface area contributed by atoms with Gasteiger partial charge in [0.15, 0.2) is 0 Å². The smallest absolute Gasteiger partial charge is 0.123 e. The van der Waals surface area contributed by atoms with E-state index < -0.39 is 0 Å². The molecule has 8 nitrogen and oxygen atoms in total. The van der Waals surface area contributed by atoms with Crippen LogP contribution in [0.15, 0.2) is 109 Å². The van der Waals surface area contributed by atoms with Gasteiger partial charge in [-0.3, -0.25) is 0 Å². The SMILES string of the molecule is c1cc(-c2cnc(-c3ccc(OCC4CO4)cc3)s2)ccc1OCCCCOc1ccc(-c2ncc(-c3ccc(OCC4CO4)cc3)s2)cc1. The Hall–Kier alpha value is -4.74. The van der Waals surface area contributed by atoms with Crippen LogP contribution in [0.4, 0.5) is 0 Å². The number of epoxide rings is 2. The lowest BCUT2D eigenvalue weighted by Gasteiger charge is -2.08. The summed E-state index contributed by atoms with van der Waals surface area (Å²) in [5.74, 6) is 3.42. The minimum Gasteiger partial charge on any atom is -0.494 e. The molecule has 4 heterocycles. The number of ether oxygens (including phenoxy) is 6. The maximum absolute atomic E-state index is 6.00. The summed E-state index contributed by atoms with van der Waals surface area (Å²) in [6, 6.07) is 32.6. The Labute approximate surface area is 299 Å². The molecule has 0 amide bonds. The Kier molecular flexibility index (Phi) is 10.0. The minimum atomic E-state index is 0.249. The first kappa shape index (κ1) is 32.5. The van der Waals surface area contributed by atoms with Gasteiger partial charge in [-0.05, 0) is 121 Å². The Morgan fingerprint density at radius 2 is 0.820 bits per heavy atom. The van der Waals surface area contributed by atoms with E-state index >= 15 is 0 Å². The van der Waals surface area contributed by atoms with Crippen LogP contribution in [-0.2, 0) is 9.47 Å². The Balaban J connectivity index is 0.741. The summed E-state index contributed by atoms with van der Waals surface area (Å²) in [6.07, 6.45) is 6.16. The standard InChI is InChI=1S/C40H36N2O6S2/c1(19-43-31-11-3-27(4-12-31)37-21-42-40(49-37)30-9-17-34(18-10-30)46-24-36-26-48-36)2-20-44-32-15-7-29(8-16-32)39-41-22-38(50-39)28-5-13-33(14-6-28)45-23-35-25-47-35/h3-18,21-22,35-36H,1-2,19-20,23-26H2. The van der Waals surface area contributed by atoms with Crippen LogP contribution in [0.1, 0.15) is 12.8 Å². The molecule has 0 N–H and O–H groups in total. The quantitative estimate of drug-likeness (QED) is 0.0687. The first-order valence-corrected chi connectivity index (χ1v) is 18.4. The van der Waals surface area contributed by atoms with Crippen molar-refractivity contribution in [2.75, 3.05) is 39.6 Å². The molecule has 0 bridgehead atoms. The summed E-state index contributed by atoms with van der Waals surface area (Å²) in [4.78, 5) is 11.5. The van der Waals surface area contributed by atoms with Crippen LogP contribution >= 0.6 is 22.7 Å². The van der Waals surface area contributed by atoms with Crippen LogP contribution in [0.3, 0.4) is 0 Å². The maximum atomic E-state index is 6.00. The van der Waals surface area contributed by atoms with Crippen molar-refractivity contribution >= 4 is 22.7 Å². The number of rotatable bonds is 17. The monoisotopic (exact) mass is 704 g/mol. The first-order chi connectivity index (χ1) is 24.7. The van der Waals surface area contributed by atoms with Crippen molar-refractivity contribution in [3.05, 3.63) is 109 Å². The summed E-state index contributed by atoms with van der Waals surface area (Å²) < 4.78 is 33.9. The fourth-order valence-corrected chi connectivity index (χ4v) is 7.05. The third kappa shape index (κ3) is 8.70. The lowest BCUT2D eigenvalue weighted by molar-refractivity contribution is 0.263. The molecule has 4 aromatic carbocycles. The van der Waals surface area contributed by atoms with E-state index in [4.69, 9.17) is 28.4 Å². The molecule has 0 spiro atoms. The van der Waals surface area contributed by atoms with Crippen LogP contribution in [0.25, 0.3) is 42.0 Å². The third-order valence-electron chi connectivity index (χ3n) is 8.24. The zero-order valence-corrected chi connectivity index (χ0v) is 29.0. The molecule has 2 aromatic heterocycles. The van der Waals surface area contributed by atoms with E-state index in [1.165, 1.54) is 0 Å². The number of unbranched alkanes of at least 4 members (excludes halogenated alkanes) is 1. The summed E-state index contributed by atoms with van der Waals surface area (Å²) in [7, 11) is 0. The van der Waals surface area contributed by atoms with Crippen molar-refractivity contribution in [1.82, 2.24) is 9.97 Å². The predicted molar refractivity (Wildman–Crippen MR) is 197 cm³/mol. The number of benzene rings is 4. The summed E-state index contributed by atoms with van der Waals surface area (Å²) >= 11 is 3.34. The molecule has 50 heavy (non-hydrogen) atoms. The van der Waals surface area contributed by atoms with Gasteiger partial charge in [0, 0.05) is 23.5 Å². The topological polar surface area (TPSA) is 87.8 Å². The average Bonchev–Trinajstić information content (AvgIpc) is 4.08. The average molecular weight is 705 g/mol. The van der Waals surface area contributed by atoms with Gasteiger partial charge in [-0.1, -0.05) is 0 Å². The van der Waals surface area contributed by atoms with Crippen molar-refractivity contribution in [3.63, 3.8) is 0 Å². The molecule has 2 atom stereocenters. The van der Waals surface area contributed by atoms with Crippen LogP contribution in [-0.4, -0.2) is 61.8 Å². The molecule has 0 radical (unpaired) electrons. The zero-order chi connectivity index (χ0) is 33.5. The predicted octanol–water partition coefficient (Wildman–Crippen LogP) is 9.06. The van der Waals surface area contributed by atoms with E-state index in [9.17, 15) is 0 Å². The number of aromatic nitrogens is 2. The second kappa shape index (κ2) is 15.4. The molecule has 2 aliphatic rings. The fraction of sp³-hybridized carbons (Fsp3) is 0.250. The van der Waals surface area contributed by atoms with E-state index in [1.54, 1.807) is 22.7 Å². The van der Waals surface area contributed by atoms with Crippen molar-refractivity contribution in [2.45, 2.75) is 25.0 Å². The highest BCUT2D eigenvalue weighted by Crippen LogP contribution is 2.35. The number of hydrogen-bond donors (Lipinski definition) is 0. The Morgan fingerprint density at radius 1 is 0.480 bits per heavy atom. The van der Waals surface area contributed by atoms with E-state index in [2.05, 4.69) is 46.4 Å². The van der Waals surface area contributed by atoms with Crippen molar-refractivity contribution in [1.29, 1.82) is 0 Å². The second-order valence-electron chi connectivity index (χ2n) is 12.1. The fourth-order valence-electron chi connectivity index (χ4n) is 5.19. The molecule has 0 aliphatic carbocycles. The van der Waals surface area contributed by atoms with Gasteiger partial charge in [0.2, 0.25) is 0 Å². The number of hydrogen-bond acceptors (Lipinski definition) is 10. The van der Waals surface area contributed by atoms with Crippen molar-refractivity contribution in [3.8, 4) is 65.0 Å². The van der Waals surface area contributed by atoms with E-state index in [1.807, 2.05) is 73.1 Å².